The molecule has 1 heterocycles. The summed E-state index contributed by atoms with van der Waals surface area (Å²) in [5.74, 6) is 8.00. The zero-order chi connectivity index (χ0) is 8.10. The fourth-order valence-corrected chi connectivity index (χ4v) is 0.786. The number of benzene rings is 1. The summed E-state index contributed by atoms with van der Waals surface area (Å²) in [6.45, 7) is 0. The highest BCUT2D eigenvalue weighted by molar-refractivity contribution is 5.72. The zero-order valence-corrected chi connectivity index (χ0v) is 5.86. The van der Waals surface area contributed by atoms with Crippen LogP contribution in [0.1, 0.15) is 0 Å². The molecule has 2 rings (SSSR count). The van der Waals surface area contributed by atoms with Crippen LogP contribution in [0, 0.1) is 0 Å². The highest BCUT2D eigenvalue weighted by Crippen LogP contribution is 2.03. The average Bonchev–Trinajstić information content (AvgIpc) is 2.55. The molecule has 0 aliphatic carbocycles. The standard InChI is InChI=1S/C6H5N3.H4N2/c1-2-4-6-5(3-1)7-9-8-6;1-2/h1-4H,(H,7,8,9);1-2H2. The number of nitrogens with one attached hydrogen (secondary N) is 1. The van der Waals surface area contributed by atoms with Gasteiger partial charge in [-0.1, -0.05) is 12.1 Å². The number of nitrogens with two attached hydrogens (primary N) is 2. The number of aromatic nitrogens is 3. The summed E-state index contributed by atoms with van der Waals surface area (Å²) in [5.41, 5.74) is 1.83. The first-order valence-corrected chi connectivity index (χ1v) is 3.06. The normalized spacial score (nSPS) is 8.91. The molecule has 11 heavy (non-hydrogen) atoms. The minimum absolute atomic E-state index is 0.914. The number of H-pyrrole nitrogens is 1. The number of hydrogen-bond donors (Lipinski definition) is 3. The van der Waals surface area contributed by atoms with Gasteiger partial charge in [-0.25, -0.2) is 0 Å². The molecule has 1 aromatic carbocycles. The molecule has 2 aromatic rings. The molecule has 5 N–H and O–H groups in total. The number of nitrogens with zero attached hydrogens (tertiary/aromatic N) is 2. The fourth-order valence-electron chi connectivity index (χ4n) is 0.786. The van der Waals surface area contributed by atoms with Gasteiger partial charge in [-0.05, 0) is 12.1 Å². The van der Waals surface area contributed by atoms with Gasteiger partial charge in [-0.3, -0.25) is 11.7 Å². The monoisotopic (exact) mass is 151 g/mol. The quantitative estimate of drug-likeness (QED) is 0.358. The van der Waals surface area contributed by atoms with Gasteiger partial charge in [0.25, 0.3) is 0 Å². The van der Waals surface area contributed by atoms with E-state index < -0.39 is 0 Å². The molecule has 0 aliphatic heterocycles. The highest BCUT2D eigenvalue weighted by atomic mass is 15.3. The summed E-state index contributed by atoms with van der Waals surface area (Å²) in [6.07, 6.45) is 0. The van der Waals surface area contributed by atoms with Gasteiger partial charge in [0.1, 0.15) is 11.0 Å². The van der Waals surface area contributed by atoms with Crippen LogP contribution in [0.2, 0.25) is 0 Å². The van der Waals surface area contributed by atoms with E-state index in [1.165, 1.54) is 0 Å². The Kier molecular flexibility index (Phi) is 2.53. The number of rotatable bonds is 0. The summed E-state index contributed by atoms with van der Waals surface area (Å²) in [5, 5.41) is 10.3. The van der Waals surface area contributed by atoms with E-state index in [-0.39, 0.29) is 0 Å². The Labute approximate surface area is 63.4 Å². The maximum atomic E-state index is 4.00. The van der Waals surface area contributed by atoms with Gasteiger partial charge >= 0.3 is 0 Å². The molecule has 0 spiro atoms. The van der Waals surface area contributed by atoms with Crippen molar-refractivity contribution in [1.29, 1.82) is 0 Å². The minimum atomic E-state index is 0.914. The summed E-state index contributed by atoms with van der Waals surface area (Å²) >= 11 is 0. The largest absolute Gasteiger partial charge is 0.274 e. The molecule has 0 aliphatic rings. The van der Waals surface area contributed by atoms with Crippen LogP contribution in [0.5, 0.6) is 0 Å². The molecule has 0 saturated carbocycles. The van der Waals surface area contributed by atoms with Crippen molar-refractivity contribution in [3.8, 4) is 0 Å². The topological polar surface area (TPSA) is 93.6 Å². The molecular weight excluding hydrogens is 142 g/mol. The molecule has 0 atom stereocenters. The predicted octanol–water partition coefficient (Wildman–Crippen LogP) is -0.223. The lowest BCUT2D eigenvalue weighted by molar-refractivity contribution is 0.959. The van der Waals surface area contributed by atoms with Gasteiger partial charge in [0.2, 0.25) is 0 Å². The van der Waals surface area contributed by atoms with Crippen LogP contribution >= 0.6 is 0 Å². The molecule has 5 nitrogen and oxygen atoms in total. The number of aromatic amines is 1. The third-order valence-corrected chi connectivity index (χ3v) is 1.22. The molecule has 0 fully saturated rings. The highest BCUT2D eigenvalue weighted by Gasteiger charge is 1.90. The second kappa shape index (κ2) is 3.65. The van der Waals surface area contributed by atoms with Crippen molar-refractivity contribution < 1.29 is 0 Å². The number of fused-ring (bicyclic) bond motifs is 1. The van der Waals surface area contributed by atoms with Crippen molar-refractivity contribution in [2.24, 2.45) is 11.7 Å². The summed E-state index contributed by atoms with van der Waals surface area (Å²) in [4.78, 5) is 0. The van der Waals surface area contributed by atoms with Gasteiger partial charge in [-0.2, -0.15) is 15.4 Å². The summed E-state index contributed by atoms with van der Waals surface area (Å²) in [7, 11) is 0. The van der Waals surface area contributed by atoms with Crippen molar-refractivity contribution in [3.63, 3.8) is 0 Å². The Balaban J connectivity index is 0.000000281. The van der Waals surface area contributed by atoms with Crippen molar-refractivity contribution in [2.75, 3.05) is 0 Å². The van der Waals surface area contributed by atoms with E-state index in [4.69, 9.17) is 0 Å². The van der Waals surface area contributed by atoms with Crippen LogP contribution in [-0.4, -0.2) is 15.4 Å². The Hall–Kier alpha value is -1.46. The van der Waals surface area contributed by atoms with E-state index in [0.717, 1.165) is 11.0 Å². The van der Waals surface area contributed by atoms with E-state index in [1.54, 1.807) is 0 Å². The number of hydrogen-bond acceptors (Lipinski definition) is 4. The number of para-hydroxylation sites is 2. The van der Waals surface area contributed by atoms with Gasteiger partial charge in [0, 0.05) is 0 Å². The Morgan fingerprint density at radius 1 is 1.00 bits per heavy atom. The van der Waals surface area contributed by atoms with Crippen LogP contribution < -0.4 is 11.7 Å². The maximum Gasteiger partial charge on any atom is 0.112 e. The van der Waals surface area contributed by atoms with E-state index in [2.05, 4.69) is 27.1 Å². The summed E-state index contributed by atoms with van der Waals surface area (Å²) in [6, 6.07) is 7.70. The molecular formula is C6H9N5. The van der Waals surface area contributed by atoms with E-state index in [0.29, 0.717) is 0 Å². The van der Waals surface area contributed by atoms with Crippen molar-refractivity contribution >= 4 is 11.0 Å². The first-order valence-electron chi connectivity index (χ1n) is 3.06. The molecule has 5 heteroatoms. The lowest BCUT2D eigenvalue weighted by Crippen LogP contribution is -2.02. The molecule has 1 aromatic heterocycles. The third-order valence-electron chi connectivity index (χ3n) is 1.22. The van der Waals surface area contributed by atoms with Crippen LogP contribution in [0.3, 0.4) is 0 Å². The second-order valence-corrected chi connectivity index (χ2v) is 1.81. The molecule has 0 amide bonds. The van der Waals surface area contributed by atoms with E-state index in [1.807, 2.05) is 24.3 Å². The molecule has 0 radical (unpaired) electrons. The van der Waals surface area contributed by atoms with Gasteiger partial charge in [-0.15, -0.1) is 0 Å². The van der Waals surface area contributed by atoms with Crippen molar-refractivity contribution in [3.05, 3.63) is 24.3 Å². The van der Waals surface area contributed by atoms with Gasteiger partial charge in [0.05, 0.1) is 0 Å². The summed E-state index contributed by atoms with van der Waals surface area (Å²) < 4.78 is 0. The zero-order valence-electron chi connectivity index (χ0n) is 5.86. The SMILES string of the molecule is NN.c1ccc2n[nH]nc2c1. The average molecular weight is 151 g/mol. The van der Waals surface area contributed by atoms with Crippen LogP contribution in [0.15, 0.2) is 24.3 Å². The van der Waals surface area contributed by atoms with E-state index >= 15 is 0 Å². The molecule has 0 saturated heterocycles. The Bertz CT molecular complexity index is 285. The Morgan fingerprint density at radius 2 is 1.45 bits per heavy atom. The van der Waals surface area contributed by atoms with E-state index in [9.17, 15) is 0 Å². The first-order chi connectivity index (χ1) is 5.47. The first kappa shape index (κ1) is 7.64. The minimum Gasteiger partial charge on any atom is -0.274 e. The lowest BCUT2D eigenvalue weighted by atomic mass is 10.3. The van der Waals surface area contributed by atoms with Gasteiger partial charge in [0.15, 0.2) is 0 Å². The van der Waals surface area contributed by atoms with Crippen molar-refractivity contribution in [2.45, 2.75) is 0 Å². The third kappa shape index (κ3) is 1.51. The second-order valence-electron chi connectivity index (χ2n) is 1.81. The van der Waals surface area contributed by atoms with Crippen LogP contribution in [0.4, 0.5) is 0 Å². The molecule has 0 unspecified atom stereocenters. The van der Waals surface area contributed by atoms with Crippen molar-refractivity contribution in [1.82, 2.24) is 15.4 Å². The Morgan fingerprint density at radius 3 is 1.91 bits per heavy atom. The maximum absolute atomic E-state index is 4.00. The lowest BCUT2D eigenvalue weighted by Gasteiger charge is -1.78. The fraction of sp³-hybridized carbons (Fsp3) is 0. The van der Waals surface area contributed by atoms with Crippen LogP contribution in [-0.2, 0) is 0 Å². The molecule has 0 bridgehead atoms. The predicted molar refractivity (Wildman–Crippen MR) is 42.3 cm³/mol. The number of hydrazine groups is 1. The smallest absolute Gasteiger partial charge is 0.112 e. The van der Waals surface area contributed by atoms with Gasteiger partial charge < -0.3 is 0 Å². The molecule has 58 valence electrons. The van der Waals surface area contributed by atoms with Crippen LogP contribution in [0.25, 0.3) is 11.0 Å².